The average Bonchev–Trinajstić information content (AvgIpc) is 2.91. The Morgan fingerprint density at radius 3 is 2.59 bits per heavy atom. The molecule has 2 aromatic rings. The van der Waals surface area contributed by atoms with Gasteiger partial charge in [-0.05, 0) is 19.9 Å². The van der Waals surface area contributed by atoms with Crippen LogP contribution in [0.3, 0.4) is 0 Å². The molecule has 3 rings (SSSR count). The maximum atomic E-state index is 11.5. The van der Waals surface area contributed by atoms with Gasteiger partial charge in [-0.1, -0.05) is 0 Å². The molecule has 116 valence electrons. The molecule has 0 aliphatic carbocycles. The van der Waals surface area contributed by atoms with Gasteiger partial charge < -0.3 is 14.2 Å². The van der Waals surface area contributed by atoms with Crippen molar-refractivity contribution >= 4 is 12.1 Å². The standard InChI is InChI=1S/C16H20N4O2/c1-11-8-20(9-12(2)22-11)16-14(10-21)6-13(7-18-16)15-17-4-5-19(15)3/h4-7,10-12H,8-9H2,1-3H3/t11-,12+. The molecule has 2 aromatic heterocycles. The summed E-state index contributed by atoms with van der Waals surface area (Å²) < 4.78 is 7.65. The molecule has 1 aliphatic heterocycles. The monoisotopic (exact) mass is 300 g/mol. The van der Waals surface area contributed by atoms with Crippen molar-refractivity contribution in [2.45, 2.75) is 26.1 Å². The summed E-state index contributed by atoms with van der Waals surface area (Å²) in [6.45, 7) is 5.54. The van der Waals surface area contributed by atoms with Gasteiger partial charge in [0, 0.05) is 44.3 Å². The average molecular weight is 300 g/mol. The highest BCUT2D eigenvalue weighted by Gasteiger charge is 2.25. The van der Waals surface area contributed by atoms with E-state index >= 15 is 0 Å². The molecule has 0 radical (unpaired) electrons. The summed E-state index contributed by atoms with van der Waals surface area (Å²) in [7, 11) is 1.92. The number of rotatable bonds is 3. The molecule has 0 spiro atoms. The van der Waals surface area contributed by atoms with Gasteiger partial charge in [0.25, 0.3) is 0 Å². The number of pyridine rings is 1. The predicted octanol–water partition coefficient (Wildman–Crippen LogP) is 1.91. The molecular formula is C16H20N4O2. The van der Waals surface area contributed by atoms with E-state index in [4.69, 9.17) is 4.74 Å². The lowest BCUT2D eigenvalue weighted by Gasteiger charge is -2.36. The molecule has 0 unspecified atom stereocenters. The highest BCUT2D eigenvalue weighted by molar-refractivity contribution is 5.85. The Labute approximate surface area is 129 Å². The molecule has 0 saturated carbocycles. The SMILES string of the molecule is C[C@@H]1CN(c2ncc(-c3nccn3C)cc2C=O)C[C@H](C)O1. The molecule has 1 saturated heterocycles. The second kappa shape index (κ2) is 5.88. The van der Waals surface area contributed by atoms with E-state index in [-0.39, 0.29) is 12.2 Å². The zero-order valence-electron chi connectivity index (χ0n) is 13.1. The number of morpholine rings is 1. The van der Waals surface area contributed by atoms with E-state index in [9.17, 15) is 4.79 Å². The van der Waals surface area contributed by atoms with Crippen molar-refractivity contribution in [2.75, 3.05) is 18.0 Å². The van der Waals surface area contributed by atoms with E-state index < -0.39 is 0 Å². The Kier molecular flexibility index (Phi) is 3.94. The van der Waals surface area contributed by atoms with Gasteiger partial charge in [0.05, 0.1) is 17.8 Å². The Morgan fingerprint density at radius 2 is 2.00 bits per heavy atom. The highest BCUT2D eigenvalue weighted by atomic mass is 16.5. The molecule has 3 heterocycles. The van der Waals surface area contributed by atoms with Gasteiger partial charge in [0.1, 0.15) is 11.6 Å². The third-order valence-electron chi connectivity index (χ3n) is 3.82. The van der Waals surface area contributed by atoms with Crippen molar-refractivity contribution in [3.8, 4) is 11.4 Å². The predicted molar refractivity (Wildman–Crippen MR) is 84.0 cm³/mol. The molecule has 0 N–H and O–H groups in total. The summed E-state index contributed by atoms with van der Waals surface area (Å²) >= 11 is 0. The molecule has 1 fully saturated rings. The first-order valence-corrected chi connectivity index (χ1v) is 7.42. The summed E-state index contributed by atoms with van der Waals surface area (Å²) in [6.07, 6.45) is 6.48. The van der Waals surface area contributed by atoms with Crippen LogP contribution in [0.1, 0.15) is 24.2 Å². The molecule has 0 amide bonds. The number of aromatic nitrogens is 3. The van der Waals surface area contributed by atoms with Gasteiger partial charge in [0.2, 0.25) is 0 Å². The van der Waals surface area contributed by atoms with E-state index in [0.717, 1.165) is 36.6 Å². The Morgan fingerprint density at radius 1 is 1.27 bits per heavy atom. The van der Waals surface area contributed by atoms with E-state index in [2.05, 4.69) is 14.9 Å². The van der Waals surface area contributed by atoms with Gasteiger partial charge in [-0.15, -0.1) is 0 Å². The zero-order valence-corrected chi connectivity index (χ0v) is 13.1. The first kappa shape index (κ1) is 14.7. The summed E-state index contributed by atoms with van der Waals surface area (Å²) in [5.41, 5.74) is 1.43. The third-order valence-corrected chi connectivity index (χ3v) is 3.82. The Bertz CT molecular complexity index is 673. The normalized spacial score (nSPS) is 21.9. The van der Waals surface area contributed by atoms with E-state index in [1.165, 1.54) is 0 Å². The first-order chi connectivity index (χ1) is 10.6. The maximum absolute atomic E-state index is 11.5. The molecule has 22 heavy (non-hydrogen) atoms. The van der Waals surface area contributed by atoms with Crippen LogP contribution in [0.2, 0.25) is 0 Å². The number of ether oxygens (including phenoxy) is 1. The number of anilines is 1. The lowest BCUT2D eigenvalue weighted by molar-refractivity contribution is -0.00549. The smallest absolute Gasteiger partial charge is 0.153 e. The van der Waals surface area contributed by atoms with Crippen LogP contribution in [0.15, 0.2) is 24.7 Å². The van der Waals surface area contributed by atoms with Crippen molar-refractivity contribution in [1.29, 1.82) is 0 Å². The van der Waals surface area contributed by atoms with Gasteiger partial charge in [0.15, 0.2) is 6.29 Å². The van der Waals surface area contributed by atoms with Gasteiger partial charge in [-0.2, -0.15) is 0 Å². The van der Waals surface area contributed by atoms with Crippen LogP contribution < -0.4 is 4.90 Å². The van der Waals surface area contributed by atoms with Crippen LogP contribution in [-0.4, -0.2) is 46.1 Å². The van der Waals surface area contributed by atoms with Gasteiger partial charge in [-0.25, -0.2) is 9.97 Å². The highest BCUT2D eigenvalue weighted by Crippen LogP contribution is 2.25. The van der Waals surface area contributed by atoms with E-state index in [1.54, 1.807) is 12.4 Å². The number of hydrogen-bond acceptors (Lipinski definition) is 5. The van der Waals surface area contributed by atoms with Crippen molar-refractivity contribution < 1.29 is 9.53 Å². The summed E-state index contributed by atoms with van der Waals surface area (Å²) in [6, 6.07) is 1.85. The fourth-order valence-corrected chi connectivity index (χ4v) is 2.94. The molecule has 6 heteroatoms. The van der Waals surface area contributed by atoms with Crippen LogP contribution in [0, 0.1) is 0 Å². The molecule has 0 bridgehead atoms. The quantitative estimate of drug-likeness (QED) is 0.810. The second-order valence-electron chi connectivity index (χ2n) is 5.78. The minimum absolute atomic E-state index is 0.124. The largest absolute Gasteiger partial charge is 0.372 e. The van der Waals surface area contributed by atoms with Crippen LogP contribution in [0.25, 0.3) is 11.4 Å². The number of imidazole rings is 1. The van der Waals surface area contributed by atoms with Crippen molar-refractivity contribution in [3.63, 3.8) is 0 Å². The minimum atomic E-state index is 0.124. The van der Waals surface area contributed by atoms with Crippen LogP contribution in [0.5, 0.6) is 0 Å². The van der Waals surface area contributed by atoms with E-state index in [0.29, 0.717) is 5.56 Å². The number of aldehydes is 1. The molecule has 0 aromatic carbocycles. The lowest BCUT2D eigenvalue weighted by Crippen LogP contribution is -2.46. The van der Waals surface area contributed by atoms with Crippen LogP contribution >= 0.6 is 0 Å². The number of carbonyl (C=O) groups excluding carboxylic acids is 1. The fourth-order valence-electron chi connectivity index (χ4n) is 2.94. The number of aryl methyl sites for hydroxylation is 1. The maximum Gasteiger partial charge on any atom is 0.153 e. The second-order valence-corrected chi connectivity index (χ2v) is 5.78. The van der Waals surface area contributed by atoms with Crippen LogP contribution in [-0.2, 0) is 11.8 Å². The molecule has 1 aliphatic rings. The van der Waals surface area contributed by atoms with Crippen molar-refractivity contribution in [3.05, 3.63) is 30.2 Å². The number of carbonyl (C=O) groups is 1. The number of hydrogen-bond donors (Lipinski definition) is 0. The molecule has 6 nitrogen and oxygen atoms in total. The number of nitrogens with zero attached hydrogens (tertiary/aromatic N) is 4. The fraction of sp³-hybridized carbons (Fsp3) is 0.438. The Balaban J connectivity index is 1.96. The van der Waals surface area contributed by atoms with Gasteiger partial charge in [-0.3, -0.25) is 4.79 Å². The van der Waals surface area contributed by atoms with Crippen molar-refractivity contribution in [2.24, 2.45) is 7.05 Å². The summed E-state index contributed by atoms with van der Waals surface area (Å²) in [5, 5.41) is 0. The zero-order chi connectivity index (χ0) is 15.7. The summed E-state index contributed by atoms with van der Waals surface area (Å²) in [5.74, 6) is 1.51. The van der Waals surface area contributed by atoms with Crippen LogP contribution in [0.4, 0.5) is 5.82 Å². The van der Waals surface area contributed by atoms with Crippen molar-refractivity contribution in [1.82, 2.24) is 14.5 Å². The van der Waals surface area contributed by atoms with Gasteiger partial charge >= 0.3 is 0 Å². The summed E-state index contributed by atoms with van der Waals surface area (Å²) in [4.78, 5) is 22.5. The lowest BCUT2D eigenvalue weighted by atomic mass is 10.1. The van der Waals surface area contributed by atoms with E-state index in [1.807, 2.05) is 37.7 Å². The first-order valence-electron chi connectivity index (χ1n) is 7.42. The Hall–Kier alpha value is -2.21. The topological polar surface area (TPSA) is 60.2 Å². The third kappa shape index (κ3) is 2.74. The minimum Gasteiger partial charge on any atom is -0.372 e. The molecule has 2 atom stereocenters. The molecular weight excluding hydrogens is 280 g/mol.